The second-order valence-electron chi connectivity index (χ2n) is 4.21. The summed E-state index contributed by atoms with van der Waals surface area (Å²) in [6, 6.07) is 15.4. The van der Waals surface area contributed by atoms with E-state index >= 15 is 0 Å². The molecule has 0 bridgehead atoms. The van der Waals surface area contributed by atoms with Gasteiger partial charge in [-0.3, -0.25) is 15.5 Å². The average molecular weight is 449 g/mol. The van der Waals surface area contributed by atoms with Crippen molar-refractivity contribution in [3.63, 3.8) is 0 Å². The van der Waals surface area contributed by atoms with Crippen molar-refractivity contribution >= 4 is 28.6 Å². The SMILES string of the molecule is CC.CC.CC.CC.N=C(N)N.Nc1nnc2ccccc2n1.O=[N+]([O-])c1ccccc1. The van der Waals surface area contributed by atoms with Gasteiger partial charge in [0.1, 0.15) is 5.52 Å². The van der Waals surface area contributed by atoms with Crippen LogP contribution in [0.3, 0.4) is 0 Å². The molecule has 3 rings (SSSR count). The highest BCUT2D eigenvalue weighted by molar-refractivity contribution is 5.73. The number of anilines is 1. The van der Waals surface area contributed by atoms with E-state index < -0.39 is 4.92 Å². The zero-order valence-corrected chi connectivity index (χ0v) is 20.5. The lowest BCUT2D eigenvalue weighted by molar-refractivity contribution is -0.384. The molecule has 1 aromatic heterocycles. The van der Waals surface area contributed by atoms with Crippen LogP contribution in [0, 0.1) is 15.5 Å². The Labute approximate surface area is 191 Å². The number of nitrogens with two attached hydrogens (primary N) is 3. The standard InChI is InChI=1S/C7H6N4.C6H5NO2.4C2H6.CH5N3/c8-7-9-5-3-1-2-4-6(5)10-11-7;8-7(9)6-4-2-1-3-5-6;4*1-2;2-1(3)4/h1-4H,(H2,8,9,11);1-5H;4*1-2H3;(H5,2,3,4). The van der Waals surface area contributed by atoms with Crippen molar-refractivity contribution in [2.75, 3.05) is 5.73 Å². The summed E-state index contributed by atoms with van der Waals surface area (Å²) in [5.74, 6) is -0.122. The van der Waals surface area contributed by atoms with Crippen LogP contribution in [0.25, 0.3) is 11.0 Å². The minimum Gasteiger partial charge on any atom is -0.370 e. The smallest absolute Gasteiger partial charge is 0.269 e. The Morgan fingerprint density at radius 1 is 0.781 bits per heavy atom. The number of guanidine groups is 1. The number of hydrogen-bond donors (Lipinski definition) is 4. The van der Waals surface area contributed by atoms with Gasteiger partial charge in [0.05, 0.1) is 10.4 Å². The molecule has 0 aliphatic carbocycles. The van der Waals surface area contributed by atoms with Crippen molar-refractivity contribution in [1.29, 1.82) is 5.41 Å². The minimum atomic E-state index is -0.417. The molecule has 10 heteroatoms. The van der Waals surface area contributed by atoms with Gasteiger partial charge in [0.25, 0.3) is 5.69 Å². The molecule has 0 aliphatic heterocycles. The van der Waals surface area contributed by atoms with Crippen molar-refractivity contribution in [3.05, 3.63) is 64.7 Å². The third-order valence-corrected chi connectivity index (χ3v) is 2.34. The minimum absolute atomic E-state index is 0.137. The van der Waals surface area contributed by atoms with Gasteiger partial charge in [-0.25, -0.2) is 4.98 Å². The Morgan fingerprint density at radius 2 is 1.16 bits per heavy atom. The fraction of sp³-hybridized carbons (Fsp3) is 0.364. The lowest BCUT2D eigenvalue weighted by Gasteiger charge is -1.93. The van der Waals surface area contributed by atoms with Crippen LogP contribution in [0.5, 0.6) is 0 Å². The number of non-ortho nitro benzene ring substituents is 1. The first-order valence-electron chi connectivity index (χ1n) is 10.5. The van der Waals surface area contributed by atoms with Gasteiger partial charge in [-0.05, 0) is 12.1 Å². The first-order chi connectivity index (χ1) is 15.4. The molecular formula is C22H40N8O2. The number of aromatic nitrogens is 3. The summed E-state index contributed by atoms with van der Waals surface area (Å²) in [4.78, 5) is 13.6. The molecule has 0 amide bonds. The molecule has 180 valence electrons. The number of para-hydroxylation sites is 2. The predicted octanol–water partition coefficient (Wildman–Crippen LogP) is 5.15. The molecule has 7 N–H and O–H groups in total. The monoisotopic (exact) mass is 448 g/mol. The van der Waals surface area contributed by atoms with Crippen LogP contribution in [0.1, 0.15) is 55.4 Å². The number of nitro groups is 1. The summed E-state index contributed by atoms with van der Waals surface area (Å²) in [6.07, 6.45) is 0. The Morgan fingerprint density at radius 3 is 1.53 bits per heavy atom. The van der Waals surface area contributed by atoms with E-state index in [1.54, 1.807) is 18.2 Å². The molecule has 0 saturated carbocycles. The number of benzene rings is 2. The number of nitro benzene ring substituents is 1. The second-order valence-corrected chi connectivity index (χ2v) is 4.21. The van der Waals surface area contributed by atoms with E-state index in [9.17, 15) is 10.1 Å². The maximum atomic E-state index is 10.0. The Kier molecular flexibility index (Phi) is 30.2. The normalized spacial score (nSPS) is 7.50. The molecule has 2 aromatic carbocycles. The summed E-state index contributed by atoms with van der Waals surface area (Å²) in [5.41, 5.74) is 16.0. The van der Waals surface area contributed by atoms with Gasteiger partial charge in [0.2, 0.25) is 5.95 Å². The van der Waals surface area contributed by atoms with Crippen LogP contribution in [-0.4, -0.2) is 26.1 Å². The molecule has 0 unspecified atom stereocenters. The summed E-state index contributed by atoms with van der Waals surface area (Å²) < 4.78 is 0. The highest BCUT2D eigenvalue weighted by atomic mass is 16.6. The Balaban J connectivity index is -0.000000168. The topological polar surface area (TPSA) is 184 Å². The van der Waals surface area contributed by atoms with Crippen LogP contribution in [0.4, 0.5) is 11.6 Å². The number of hydrogen-bond acceptors (Lipinski definition) is 7. The molecule has 0 aliphatic rings. The van der Waals surface area contributed by atoms with Crippen LogP contribution < -0.4 is 17.2 Å². The third kappa shape index (κ3) is 20.9. The highest BCUT2D eigenvalue weighted by Gasteiger charge is 1.98. The lowest BCUT2D eigenvalue weighted by Crippen LogP contribution is -2.20. The zero-order valence-electron chi connectivity index (χ0n) is 20.5. The number of nitrogen functional groups attached to an aromatic ring is 1. The van der Waals surface area contributed by atoms with Gasteiger partial charge in [0, 0.05) is 12.1 Å². The van der Waals surface area contributed by atoms with E-state index in [-0.39, 0.29) is 17.6 Å². The average Bonchev–Trinajstić information content (AvgIpc) is 2.85. The quantitative estimate of drug-likeness (QED) is 0.170. The van der Waals surface area contributed by atoms with E-state index in [0.717, 1.165) is 11.0 Å². The second kappa shape index (κ2) is 27.2. The van der Waals surface area contributed by atoms with Gasteiger partial charge < -0.3 is 17.2 Å². The highest BCUT2D eigenvalue weighted by Crippen LogP contribution is 2.07. The number of rotatable bonds is 1. The molecular weight excluding hydrogens is 408 g/mol. The van der Waals surface area contributed by atoms with Crippen molar-refractivity contribution in [2.45, 2.75) is 55.4 Å². The van der Waals surface area contributed by atoms with Gasteiger partial charge in [-0.2, -0.15) is 0 Å². The van der Waals surface area contributed by atoms with Gasteiger partial charge >= 0.3 is 0 Å². The van der Waals surface area contributed by atoms with Crippen LogP contribution >= 0.6 is 0 Å². The number of fused-ring (bicyclic) bond motifs is 1. The summed E-state index contributed by atoms with van der Waals surface area (Å²) in [6.45, 7) is 16.0. The van der Waals surface area contributed by atoms with E-state index in [0.29, 0.717) is 0 Å². The van der Waals surface area contributed by atoms with Crippen molar-refractivity contribution in [1.82, 2.24) is 15.2 Å². The number of nitrogens with one attached hydrogen (secondary N) is 1. The maximum absolute atomic E-state index is 10.0. The van der Waals surface area contributed by atoms with Crippen LogP contribution in [0.2, 0.25) is 0 Å². The van der Waals surface area contributed by atoms with Crippen molar-refractivity contribution in [3.8, 4) is 0 Å². The molecule has 1 heterocycles. The van der Waals surface area contributed by atoms with Crippen LogP contribution in [0.15, 0.2) is 54.6 Å². The van der Waals surface area contributed by atoms with E-state index in [2.05, 4.69) is 26.6 Å². The molecule has 32 heavy (non-hydrogen) atoms. The molecule has 0 radical (unpaired) electrons. The molecule has 0 atom stereocenters. The van der Waals surface area contributed by atoms with Crippen LogP contribution in [-0.2, 0) is 0 Å². The van der Waals surface area contributed by atoms with E-state index in [1.165, 1.54) is 12.1 Å². The Bertz CT molecular complexity index is 811. The first-order valence-corrected chi connectivity index (χ1v) is 10.5. The third-order valence-electron chi connectivity index (χ3n) is 2.34. The van der Waals surface area contributed by atoms with Crippen molar-refractivity contribution < 1.29 is 4.92 Å². The first kappa shape index (κ1) is 35.6. The lowest BCUT2D eigenvalue weighted by atomic mass is 10.3. The number of nitrogens with zero attached hydrogens (tertiary/aromatic N) is 4. The summed E-state index contributed by atoms with van der Waals surface area (Å²) in [7, 11) is 0. The van der Waals surface area contributed by atoms with E-state index in [1.807, 2.05) is 79.7 Å². The summed E-state index contributed by atoms with van der Waals surface area (Å²) >= 11 is 0. The molecule has 3 aromatic rings. The molecule has 10 nitrogen and oxygen atoms in total. The van der Waals surface area contributed by atoms with Gasteiger partial charge in [-0.15, -0.1) is 10.2 Å². The fourth-order valence-corrected chi connectivity index (χ4v) is 1.44. The molecule has 0 fully saturated rings. The van der Waals surface area contributed by atoms with Crippen molar-refractivity contribution in [2.24, 2.45) is 11.5 Å². The zero-order chi connectivity index (χ0) is 25.9. The van der Waals surface area contributed by atoms with E-state index in [4.69, 9.17) is 11.1 Å². The Hall–Kier alpha value is -3.82. The van der Waals surface area contributed by atoms with Gasteiger partial charge in [-0.1, -0.05) is 85.7 Å². The maximum Gasteiger partial charge on any atom is 0.269 e. The largest absolute Gasteiger partial charge is 0.370 e. The molecule has 0 spiro atoms. The fourth-order valence-electron chi connectivity index (χ4n) is 1.44. The molecule has 0 saturated heterocycles. The van der Waals surface area contributed by atoms with Gasteiger partial charge in [0.15, 0.2) is 5.96 Å². The predicted molar refractivity (Wildman–Crippen MR) is 136 cm³/mol. The summed E-state index contributed by atoms with van der Waals surface area (Å²) in [5, 5.41) is 23.5.